The lowest BCUT2D eigenvalue weighted by molar-refractivity contribution is -0.139. The van der Waals surface area contributed by atoms with Crippen molar-refractivity contribution in [2.45, 2.75) is 25.8 Å². The Kier molecular flexibility index (Phi) is 4.52. The minimum absolute atomic E-state index is 0.391. The number of carboxylic acid groups (broad SMARTS) is 1. The Labute approximate surface area is 119 Å². The number of para-hydroxylation sites is 1. The Bertz CT molecular complexity index is 593. The van der Waals surface area contributed by atoms with Crippen LogP contribution < -0.4 is 10.6 Å². The fraction of sp³-hybridized carbons (Fsp3) is 0.308. The molecule has 0 spiro atoms. The Hall–Kier alpha value is -2.15. The maximum Gasteiger partial charge on any atom is 0.326 e. The van der Waals surface area contributed by atoms with Crippen LogP contribution in [-0.4, -0.2) is 28.1 Å². The van der Waals surface area contributed by atoms with E-state index in [1.807, 2.05) is 31.2 Å². The van der Waals surface area contributed by atoms with Crippen molar-refractivity contribution in [3.05, 3.63) is 24.3 Å². The van der Waals surface area contributed by atoms with Gasteiger partial charge in [-0.2, -0.15) is 0 Å². The summed E-state index contributed by atoms with van der Waals surface area (Å²) >= 11 is 1.34. The summed E-state index contributed by atoms with van der Waals surface area (Å²) in [5.74, 6) is -1.04. The van der Waals surface area contributed by atoms with E-state index in [2.05, 4.69) is 15.6 Å². The fourth-order valence-electron chi connectivity index (χ4n) is 1.76. The quantitative estimate of drug-likeness (QED) is 0.790. The maximum absolute atomic E-state index is 11.8. The lowest BCUT2D eigenvalue weighted by Crippen LogP contribution is -2.42. The Morgan fingerprint density at radius 2 is 2.15 bits per heavy atom. The van der Waals surface area contributed by atoms with Crippen LogP contribution in [0.4, 0.5) is 9.93 Å². The van der Waals surface area contributed by atoms with Gasteiger partial charge in [0.2, 0.25) is 0 Å². The number of nitrogens with zero attached hydrogens (tertiary/aromatic N) is 1. The average Bonchev–Trinajstić information content (AvgIpc) is 2.79. The van der Waals surface area contributed by atoms with Crippen molar-refractivity contribution >= 4 is 38.7 Å². The molecule has 7 heteroatoms. The van der Waals surface area contributed by atoms with Crippen molar-refractivity contribution in [1.29, 1.82) is 0 Å². The number of thiazole rings is 1. The number of amides is 2. The second kappa shape index (κ2) is 6.33. The summed E-state index contributed by atoms with van der Waals surface area (Å²) in [7, 11) is 0. The van der Waals surface area contributed by atoms with Gasteiger partial charge in [-0.15, -0.1) is 0 Å². The highest BCUT2D eigenvalue weighted by Crippen LogP contribution is 2.25. The van der Waals surface area contributed by atoms with Crippen LogP contribution in [0.2, 0.25) is 0 Å². The molecule has 2 amide bonds. The second-order valence-corrected chi connectivity index (χ2v) is 5.30. The number of aliphatic carboxylic acids is 1. The van der Waals surface area contributed by atoms with Gasteiger partial charge < -0.3 is 10.4 Å². The molecule has 6 nitrogen and oxygen atoms in total. The molecule has 0 aliphatic heterocycles. The smallest absolute Gasteiger partial charge is 0.326 e. The summed E-state index contributed by atoms with van der Waals surface area (Å²) in [5.41, 5.74) is 0.802. The molecule has 3 N–H and O–H groups in total. The zero-order chi connectivity index (χ0) is 14.5. The monoisotopic (exact) mass is 293 g/mol. The number of nitrogens with one attached hydrogen (secondary N) is 2. The Morgan fingerprint density at radius 1 is 1.40 bits per heavy atom. The first-order valence-electron chi connectivity index (χ1n) is 6.26. The third kappa shape index (κ3) is 3.45. The summed E-state index contributed by atoms with van der Waals surface area (Å²) in [5, 5.41) is 14.4. The maximum atomic E-state index is 11.8. The topological polar surface area (TPSA) is 91.3 Å². The first-order valence-corrected chi connectivity index (χ1v) is 7.07. The van der Waals surface area contributed by atoms with Crippen molar-refractivity contribution in [2.75, 3.05) is 5.32 Å². The highest BCUT2D eigenvalue weighted by molar-refractivity contribution is 7.22. The van der Waals surface area contributed by atoms with Gasteiger partial charge in [-0.3, -0.25) is 5.32 Å². The Balaban J connectivity index is 2.01. The van der Waals surface area contributed by atoms with Gasteiger partial charge in [0, 0.05) is 0 Å². The highest BCUT2D eigenvalue weighted by Gasteiger charge is 2.19. The third-order valence-corrected chi connectivity index (χ3v) is 3.65. The van der Waals surface area contributed by atoms with Crippen LogP contribution in [-0.2, 0) is 4.79 Å². The predicted molar refractivity (Wildman–Crippen MR) is 78.1 cm³/mol. The third-order valence-electron chi connectivity index (χ3n) is 2.70. The molecule has 1 heterocycles. The number of fused-ring (bicyclic) bond motifs is 1. The number of aromatic nitrogens is 1. The summed E-state index contributed by atoms with van der Waals surface area (Å²) in [4.78, 5) is 27.0. The average molecular weight is 293 g/mol. The number of rotatable bonds is 5. The highest BCUT2D eigenvalue weighted by atomic mass is 32.1. The lowest BCUT2D eigenvalue weighted by Gasteiger charge is -2.13. The summed E-state index contributed by atoms with van der Waals surface area (Å²) < 4.78 is 0.964. The zero-order valence-electron chi connectivity index (χ0n) is 10.9. The van der Waals surface area contributed by atoms with Crippen LogP contribution >= 0.6 is 11.3 Å². The molecule has 0 aliphatic rings. The molecule has 0 radical (unpaired) electrons. The van der Waals surface area contributed by atoms with Crippen LogP contribution in [0.1, 0.15) is 19.8 Å². The standard InChI is InChI=1S/C13H15N3O3S/c1-2-5-9(11(17)18)14-12(19)16-13-15-8-6-3-4-7-10(8)20-13/h3-4,6-7,9H,2,5H2,1H3,(H,17,18)(H2,14,15,16,19). The van der Waals surface area contributed by atoms with Gasteiger partial charge in [0.05, 0.1) is 10.2 Å². The normalized spacial score (nSPS) is 12.1. The van der Waals surface area contributed by atoms with E-state index in [4.69, 9.17) is 5.11 Å². The van der Waals surface area contributed by atoms with Crippen LogP contribution in [0, 0.1) is 0 Å². The molecule has 1 aromatic heterocycles. The first kappa shape index (κ1) is 14.3. The van der Waals surface area contributed by atoms with Crippen molar-refractivity contribution in [3.8, 4) is 0 Å². The molecule has 20 heavy (non-hydrogen) atoms. The molecular formula is C13H15N3O3S. The molecule has 0 saturated heterocycles. The number of benzene rings is 1. The number of carboxylic acids is 1. The van der Waals surface area contributed by atoms with Crippen molar-refractivity contribution in [2.24, 2.45) is 0 Å². The molecule has 1 aromatic carbocycles. The molecule has 2 aromatic rings. The van der Waals surface area contributed by atoms with E-state index in [1.165, 1.54) is 11.3 Å². The molecule has 106 valence electrons. The number of urea groups is 1. The van der Waals surface area contributed by atoms with Gasteiger partial charge in [-0.05, 0) is 18.6 Å². The van der Waals surface area contributed by atoms with Crippen molar-refractivity contribution in [1.82, 2.24) is 10.3 Å². The van der Waals surface area contributed by atoms with E-state index in [1.54, 1.807) is 0 Å². The van der Waals surface area contributed by atoms with Crippen LogP contribution in [0.15, 0.2) is 24.3 Å². The molecule has 2 rings (SSSR count). The van der Waals surface area contributed by atoms with Crippen LogP contribution in [0.3, 0.4) is 0 Å². The van der Waals surface area contributed by atoms with Crippen LogP contribution in [0.5, 0.6) is 0 Å². The summed E-state index contributed by atoms with van der Waals surface area (Å²) in [6, 6.07) is 6.10. The predicted octanol–water partition coefficient (Wildman–Crippen LogP) is 2.67. The number of hydrogen-bond acceptors (Lipinski definition) is 4. The lowest BCUT2D eigenvalue weighted by atomic mass is 10.2. The van der Waals surface area contributed by atoms with Gasteiger partial charge in [0.15, 0.2) is 5.13 Å². The van der Waals surface area contributed by atoms with E-state index in [9.17, 15) is 9.59 Å². The van der Waals surface area contributed by atoms with E-state index in [-0.39, 0.29) is 0 Å². The summed E-state index contributed by atoms with van der Waals surface area (Å²) in [6.45, 7) is 1.86. The van der Waals surface area contributed by atoms with E-state index < -0.39 is 18.0 Å². The number of carbonyl (C=O) groups is 2. The molecule has 1 atom stereocenters. The van der Waals surface area contributed by atoms with Crippen molar-refractivity contribution < 1.29 is 14.7 Å². The van der Waals surface area contributed by atoms with Crippen molar-refractivity contribution in [3.63, 3.8) is 0 Å². The van der Waals surface area contributed by atoms with E-state index >= 15 is 0 Å². The van der Waals surface area contributed by atoms with Gasteiger partial charge in [0.25, 0.3) is 0 Å². The zero-order valence-corrected chi connectivity index (χ0v) is 11.7. The minimum Gasteiger partial charge on any atom is -0.480 e. The minimum atomic E-state index is -1.04. The van der Waals surface area contributed by atoms with Gasteiger partial charge in [-0.25, -0.2) is 14.6 Å². The van der Waals surface area contributed by atoms with Gasteiger partial charge in [0.1, 0.15) is 6.04 Å². The van der Waals surface area contributed by atoms with Gasteiger partial charge in [-0.1, -0.05) is 36.8 Å². The molecule has 0 fully saturated rings. The van der Waals surface area contributed by atoms with Crippen LogP contribution in [0.25, 0.3) is 10.2 Å². The first-order chi connectivity index (χ1) is 9.60. The Morgan fingerprint density at radius 3 is 2.80 bits per heavy atom. The SMILES string of the molecule is CCCC(NC(=O)Nc1nc2ccccc2s1)C(=O)O. The molecule has 0 bridgehead atoms. The molecule has 1 unspecified atom stereocenters. The molecule has 0 aliphatic carbocycles. The fourth-order valence-corrected chi connectivity index (χ4v) is 2.62. The largest absolute Gasteiger partial charge is 0.480 e. The molecular weight excluding hydrogens is 278 g/mol. The van der Waals surface area contributed by atoms with Gasteiger partial charge >= 0.3 is 12.0 Å². The van der Waals surface area contributed by atoms with E-state index in [0.717, 1.165) is 10.2 Å². The summed E-state index contributed by atoms with van der Waals surface area (Å²) in [6.07, 6.45) is 1.07. The molecule has 0 saturated carbocycles. The number of hydrogen-bond donors (Lipinski definition) is 3. The number of anilines is 1. The van der Waals surface area contributed by atoms with E-state index in [0.29, 0.717) is 18.0 Å². The number of carbonyl (C=O) groups excluding carboxylic acids is 1. The second-order valence-electron chi connectivity index (χ2n) is 4.26.